The van der Waals surface area contributed by atoms with E-state index in [-0.39, 0.29) is 39.5 Å². The van der Waals surface area contributed by atoms with Gasteiger partial charge in [-0.25, -0.2) is 5.21 Å². The first-order valence-corrected chi connectivity index (χ1v) is 5.58. The summed E-state index contributed by atoms with van der Waals surface area (Å²) in [6.45, 7) is 0. The summed E-state index contributed by atoms with van der Waals surface area (Å²) in [5, 5.41) is 47.8. The first-order valence-electron chi connectivity index (χ1n) is 5.58. The Bertz CT molecular complexity index is 608. The summed E-state index contributed by atoms with van der Waals surface area (Å²) in [5.41, 5.74) is 0.232. The average Bonchev–Trinajstić information content (AvgIpc) is 2.35. The van der Waals surface area contributed by atoms with Crippen LogP contribution in [0.25, 0.3) is 0 Å². The van der Waals surface area contributed by atoms with Crippen LogP contribution < -0.4 is 9.80 Å². The van der Waals surface area contributed by atoms with Crippen molar-refractivity contribution in [3.05, 3.63) is 35.8 Å². The maximum atomic E-state index is 10.2. The molecule has 100 valence electrons. The fourth-order valence-electron chi connectivity index (χ4n) is 2.22. The van der Waals surface area contributed by atoms with E-state index in [4.69, 9.17) is 4.74 Å². The van der Waals surface area contributed by atoms with Gasteiger partial charge in [-0.3, -0.25) is 0 Å². The van der Waals surface area contributed by atoms with Crippen LogP contribution in [-0.2, 0) is 0 Å². The molecule has 1 aromatic rings. The van der Waals surface area contributed by atoms with Crippen molar-refractivity contribution in [2.75, 3.05) is 0 Å². The van der Waals surface area contributed by atoms with Crippen molar-refractivity contribution in [3.63, 3.8) is 0 Å². The van der Waals surface area contributed by atoms with Gasteiger partial charge in [-0.05, 0) is 0 Å². The van der Waals surface area contributed by atoms with E-state index in [1.165, 1.54) is 24.3 Å². The van der Waals surface area contributed by atoms with Crippen molar-refractivity contribution in [2.24, 2.45) is 0 Å². The normalized spacial score (nSPS) is 28.6. The largest absolute Gasteiger partial charge is 0.504 e. The molecule has 1 aliphatic carbocycles. The van der Waals surface area contributed by atoms with Crippen LogP contribution in [0, 0.1) is 0 Å². The maximum Gasteiger partial charge on any atom is 0.210 e. The number of benzene rings is 1. The predicted molar refractivity (Wildman–Crippen MR) is 61.8 cm³/mol. The second-order valence-corrected chi connectivity index (χ2v) is 4.43. The van der Waals surface area contributed by atoms with Crippen molar-refractivity contribution >= 4 is 5.69 Å². The van der Waals surface area contributed by atoms with Crippen LogP contribution >= 0.6 is 0 Å². The van der Waals surface area contributed by atoms with Crippen LogP contribution in [0.3, 0.4) is 0 Å². The van der Waals surface area contributed by atoms with Gasteiger partial charge in [-0.1, -0.05) is 0 Å². The van der Waals surface area contributed by atoms with Crippen molar-refractivity contribution < 1.29 is 35.4 Å². The molecular formula is C12H12NO6+. The Balaban J connectivity index is 2.09. The number of aromatic hydroxyl groups is 2. The number of hydrogen-bond donors (Lipinski definition) is 6. The van der Waals surface area contributed by atoms with Crippen molar-refractivity contribution in [3.8, 4) is 17.2 Å². The van der Waals surface area contributed by atoms with Crippen LogP contribution in [-0.4, -0.2) is 37.8 Å². The van der Waals surface area contributed by atoms with Gasteiger partial charge >= 0.3 is 0 Å². The monoisotopic (exact) mass is 266 g/mol. The highest BCUT2D eigenvalue weighted by atomic mass is 16.5. The third-order valence-electron chi connectivity index (χ3n) is 3.21. The zero-order valence-corrected chi connectivity index (χ0v) is 9.61. The number of phenols is 2. The fourth-order valence-corrected chi connectivity index (χ4v) is 2.22. The SMILES string of the molecule is OC1=CC2Oc3cc(O)c(O)cc3[NH+](O)C2C=C1O. The van der Waals surface area contributed by atoms with E-state index in [0.29, 0.717) is 0 Å². The summed E-state index contributed by atoms with van der Waals surface area (Å²) in [4.78, 5) is 0. The number of hydrogen-bond acceptors (Lipinski definition) is 6. The highest BCUT2D eigenvalue weighted by Gasteiger charge is 2.42. The summed E-state index contributed by atoms with van der Waals surface area (Å²) in [6, 6.07) is 1.70. The molecule has 1 aromatic carbocycles. The smallest absolute Gasteiger partial charge is 0.210 e. The van der Waals surface area contributed by atoms with Gasteiger partial charge in [0, 0.05) is 18.2 Å². The number of quaternary nitrogens is 1. The molecule has 3 unspecified atom stereocenters. The van der Waals surface area contributed by atoms with Crippen LogP contribution in [0.4, 0.5) is 5.69 Å². The number of hydroxylamine groups is 1. The Hall–Kier alpha value is -2.38. The molecule has 3 rings (SSSR count). The molecule has 1 aliphatic heterocycles. The first-order chi connectivity index (χ1) is 8.97. The predicted octanol–water partition coefficient (Wildman–Crippen LogP) is 0.0304. The minimum Gasteiger partial charge on any atom is -0.504 e. The van der Waals surface area contributed by atoms with Gasteiger partial charge in [-0.2, -0.15) is 0 Å². The van der Waals surface area contributed by atoms with Crippen molar-refractivity contribution in [1.82, 2.24) is 0 Å². The number of fused-ring (bicyclic) bond motifs is 2. The number of aliphatic hydroxyl groups is 2. The van der Waals surface area contributed by atoms with Gasteiger partial charge in [0.25, 0.3) is 0 Å². The molecule has 0 saturated heterocycles. The van der Waals surface area contributed by atoms with Crippen LogP contribution in [0.1, 0.15) is 0 Å². The Labute approximate surface area is 107 Å². The quantitative estimate of drug-likeness (QED) is 0.291. The van der Waals surface area contributed by atoms with Crippen molar-refractivity contribution in [2.45, 2.75) is 12.1 Å². The molecule has 3 atom stereocenters. The molecule has 2 aliphatic rings. The van der Waals surface area contributed by atoms with Gasteiger partial charge in [0.2, 0.25) is 5.69 Å². The van der Waals surface area contributed by atoms with E-state index < -0.39 is 12.1 Å². The molecule has 0 spiro atoms. The number of ether oxygens (including phenoxy) is 1. The molecule has 0 amide bonds. The minimum atomic E-state index is -0.688. The van der Waals surface area contributed by atoms with Gasteiger partial charge < -0.3 is 25.2 Å². The van der Waals surface area contributed by atoms with Crippen molar-refractivity contribution in [1.29, 1.82) is 0 Å². The Morgan fingerprint density at radius 3 is 2.32 bits per heavy atom. The third-order valence-corrected chi connectivity index (χ3v) is 3.21. The third kappa shape index (κ3) is 1.67. The van der Waals surface area contributed by atoms with Crippen LogP contribution in [0.15, 0.2) is 35.8 Å². The van der Waals surface area contributed by atoms with Gasteiger partial charge in [0.05, 0.1) is 6.07 Å². The molecule has 0 bridgehead atoms. The molecule has 7 nitrogen and oxygen atoms in total. The standard InChI is InChI=1S/C12H11NO6/c14-7-1-5-11(3-9(7)16)19-12-4-10(17)8(15)2-6(12)13(5)18/h1-5,11,14-18H/p+1. The van der Waals surface area contributed by atoms with E-state index in [0.717, 1.165) is 0 Å². The van der Waals surface area contributed by atoms with Crippen LogP contribution in [0.5, 0.6) is 17.2 Å². The number of nitrogens with one attached hydrogen (secondary N) is 1. The lowest BCUT2D eigenvalue weighted by Gasteiger charge is -2.33. The molecule has 0 radical (unpaired) electrons. The highest BCUT2D eigenvalue weighted by molar-refractivity contribution is 5.57. The van der Waals surface area contributed by atoms with Gasteiger partial charge in [0.15, 0.2) is 40.9 Å². The molecule has 0 aromatic heterocycles. The Morgan fingerprint density at radius 2 is 1.58 bits per heavy atom. The average molecular weight is 266 g/mol. The van der Waals surface area contributed by atoms with E-state index in [9.17, 15) is 25.6 Å². The lowest BCUT2D eigenvalue weighted by molar-refractivity contribution is -1.05. The zero-order chi connectivity index (χ0) is 13.7. The van der Waals surface area contributed by atoms with Gasteiger partial charge in [0.1, 0.15) is 0 Å². The van der Waals surface area contributed by atoms with Gasteiger partial charge in [-0.15, -0.1) is 5.06 Å². The lowest BCUT2D eigenvalue weighted by Crippen LogP contribution is -3.11. The summed E-state index contributed by atoms with van der Waals surface area (Å²) >= 11 is 0. The number of aliphatic hydroxyl groups excluding tert-OH is 2. The maximum absolute atomic E-state index is 10.2. The molecule has 0 fully saturated rings. The van der Waals surface area contributed by atoms with E-state index in [1.54, 1.807) is 0 Å². The summed E-state index contributed by atoms with van der Waals surface area (Å²) in [7, 11) is 0. The molecule has 19 heavy (non-hydrogen) atoms. The molecule has 6 N–H and O–H groups in total. The zero-order valence-electron chi connectivity index (χ0n) is 9.61. The molecular weight excluding hydrogens is 254 g/mol. The summed E-state index contributed by atoms with van der Waals surface area (Å²) in [5.74, 6) is -1.24. The van der Waals surface area contributed by atoms with E-state index in [1.807, 2.05) is 0 Å². The van der Waals surface area contributed by atoms with E-state index >= 15 is 0 Å². The fraction of sp³-hybridized carbons (Fsp3) is 0.167. The second-order valence-electron chi connectivity index (χ2n) is 4.43. The Morgan fingerprint density at radius 1 is 0.947 bits per heavy atom. The molecule has 1 heterocycles. The highest BCUT2D eigenvalue weighted by Crippen LogP contribution is 2.38. The summed E-state index contributed by atoms with van der Waals surface area (Å²) < 4.78 is 5.52. The molecule has 7 heteroatoms. The number of phenolic OH excluding ortho intramolecular Hbond substituents is 2. The second kappa shape index (κ2) is 3.81. The molecule has 0 saturated carbocycles. The first kappa shape index (κ1) is 11.7. The Kier molecular flexibility index (Phi) is 2.34. The lowest BCUT2D eigenvalue weighted by atomic mass is 10.00. The number of rotatable bonds is 0. The summed E-state index contributed by atoms with van der Waals surface area (Å²) in [6.07, 6.45) is 1.85. The topological polar surface area (TPSA) is 115 Å². The van der Waals surface area contributed by atoms with E-state index in [2.05, 4.69) is 0 Å². The minimum absolute atomic E-state index is 0.114. The van der Waals surface area contributed by atoms with Crippen LogP contribution in [0.2, 0.25) is 0 Å².